The molecule has 2 aromatic rings. The van der Waals surface area contributed by atoms with E-state index in [1.54, 1.807) is 0 Å². The molecule has 0 unspecified atom stereocenters. The Bertz CT molecular complexity index is 518. The Morgan fingerprint density at radius 1 is 1.17 bits per heavy atom. The molecule has 0 aliphatic rings. The van der Waals surface area contributed by atoms with Gasteiger partial charge in [0.05, 0.1) is 12.2 Å². The van der Waals surface area contributed by atoms with Gasteiger partial charge in [0.15, 0.2) is 0 Å². The second-order valence-electron chi connectivity index (χ2n) is 4.64. The summed E-state index contributed by atoms with van der Waals surface area (Å²) in [6.45, 7) is 7.28. The van der Waals surface area contributed by atoms with Crippen molar-refractivity contribution < 1.29 is 0 Å². The van der Waals surface area contributed by atoms with E-state index in [0.29, 0.717) is 0 Å². The second kappa shape index (κ2) is 5.67. The highest BCUT2D eigenvalue weighted by Crippen LogP contribution is 2.23. The first kappa shape index (κ1) is 12.6. The smallest absolute Gasteiger partial charge is 0.0594 e. The van der Waals surface area contributed by atoms with Crippen molar-refractivity contribution in [3.8, 4) is 0 Å². The van der Waals surface area contributed by atoms with Gasteiger partial charge in [0.2, 0.25) is 0 Å². The van der Waals surface area contributed by atoms with E-state index in [1.807, 2.05) is 24.4 Å². The number of hydrogen-bond acceptors (Lipinski definition) is 2. The molecular formula is C16H20N2. The summed E-state index contributed by atoms with van der Waals surface area (Å²) in [6.07, 6.45) is 2.88. The number of benzene rings is 1. The number of aryl methyl sites for hydroxylation is 3. The fraction of sp³-hybridized carbons (Fsp3) is 0.312. The van der Waals surface area contributed by atoms with Crippen LogP contribution >= 0.6 is 0 Å². The van der Waals surface area contributed by atoms with Crippen molar-refractivity contribution in [2.24, 2.45) is 0 Å². The molecule has 1 aromatic carbocycles. The predicted molar refractivity (Wildman–Crippen MR) is 76.9 cm³/mol. The standard InChI is InChI=1S/C16H20N2/c1-4-14-10-12(2)9-13(3)16(14)18-11-15-7-5-6-8-17-15/h5-10,18H,4,11H2,1-3H3. The quantitative estimate of drug-likeness (QED) is 0.877. The Morgan fingerprint density at radius 2 is 2.00 bits per heavy atom. The maximum Gasteiger partial charge on any atom is 0.0594 e. The molecule has 2 rings (SSSR count). The van der Waals surface area contributed by atoms with E-state index >= 15 is 0 Å². The molecular weight excluding hydrogens is 220 g/mol. The summed E-state index contributed by atoms with van der Waals surface area (Å²) < 4.78 is 0. The Kier molecular flexibility index (Phi) is 3.98. The number of anilines is 1. The zero-order chi connectivity index (χ0) is 13.0. The van der Waals surface area contributed by atoms with Crippen LogP contribution in [0.2, 0.25) is 0 Å². The Morgan fingerprint density at radius 3 is 2.67 bits per heavy atom. The van der Waals surface area contributed by atoms with Gasteiger partial charge in [0.1, 0.15) is 0 Å². The molecule has 2 nitrogen and oxygen atoms in total. The van der Waals surface area contributed by atoms with Crippen LogP contribution in [0.25, 0.3) is 0 Å². The van der Waals surface area contributed by atoms with Crippen molar-refractivity contribution in [1.82, 2.24) is 4.98 Å². The van der Waals surface area contributed by atoms with Gasteiger partial charge in [0, 0.05) is 11.9 Å². The van der Waals surface area contributed by atoms with E-state index in [4.69, 9.17) is 0 Å². The van der Waals surface area contributed by atoms with Crippen LogP contribution < -0.4 is 5.32 Å². The number of hydrogen-bond donors (Lipinski definition) is 1. The van der Waals surface area contributed by atoms with Gasteiger partial charge >= 0.3 is 0 Å². The first-order valence-corrected chi connectivity index (χ1v) is 6.44. The van der Waals surface area contributed by atoms with Crippen LogP contribution in [0.4, 0.5) is 5.69 Å². The molecule has 0 fully saturated rings. The third-order valence-electron chi connectivity index (χ3n) is 3.11. The highest BCUT2D eigenvalue weighted by molar-refractivity contribution is 5.58. The predicted octanol–water partition coefficient (Wildman–Crippen LogP) is 3.87. The Labute approximate surface area is 109 Å². The molecule has 1 heterocycles. The summed E-state index contributed by atoms with van der Waals surface area (Å²) in [6, 6.07) is 10.5. The van der Waals surface area contributed by atoms with Crippen molar-refractivity contribution in [3.63, 3.8) is 0 Å². The van der Waals surface area contributed by atoms with Crippen LogP contribution in [0.3, 0.4) is 0 Å². The summed E-state index contributed by atoms with van der Waals surface area (Å²) >= 11 is 0. The van der Waals surface area contributed by atoms with E-state index < -0.39 is 0 Å². The van der Waals surface area contributed by atoms with Gasteiger partial charge in [-0.2, -0.15) is 0 Å². The number of aromatic nitrogens is 1. The molecule has 0 spiro atoms. The molecule has 0 radical (unpaired) electrons. The van der Waals surface area contributed by atoms with Crippen molar-refractivity contribution in [3.05, 3.63) is 58.9 Å². The Balaban J connectivity index is 2.19. The number of pyridine rings is 1. The summed E-state index contributed by atoms with van der Waals surface area (Å²) in [7, 11) is 0. The molecule has 0 amide bonds. The molecule has 0 saturated heterocycles. The van der Waals surface area contributed by atoms with Gasteiger partial charge in [-0.05, 0) is 43.5 Å². The minimum Gasteiger partial charge on any atom is -0.379 e. The normalized spacial score (nSPS) is 10.4. The van der Waals surface area contributed by atoms with Gasteiger partial charge in [-0.3, -0.25) is 4.98 Å². The van der Waals surface area contributed by atoms with Crippen molar-refractivity contribution in [1.29, 1.82) is 0 Å². The molecule has 18 heavy (non-hydrogen) atoms. The third-order valence-corrected chi connectivity index (χ3v) is 3.11. The van der Waals surface area contributed by atoms with Crippen molar-refractivity contribution in [2.45, 2.75) is 33.7 Å². The molecule has 0 aliphatic carbocycles. The highest BCUT2D eigenvalue weighted by Gasteiger charge is 2.05. The average Bonchev–Trinajstić information content (AvgIpc) is 2.38. The summed E-state index contributed by atoms with van der Waals surface area (Å²) in [5, 5.41) is 3.51. The van der Waals surface area contributed by atoms with Gasteiger partial charge in [-0.15, -0.1) is 0 Å². The van der Waals surface area contributed by atoms with Crippen LogP contribution in [0.15, 0.2) is 36.5 Å². The molecule has 1 N–H and O–H groups in total. The fourth-order valence-electron chi connectivity index (χ4n) is 2.27. The van der Waals surface area contributed by atoms with Crippen molar-refractivity contribution >= 4 is 5.69 Å². The number of nitrogens with one attached hydrogen (secondary N) is 1. The molecule has 2 heteroatoms. The number of nitrogens with zero attached hydrogens (tertiary/aromatic N) is 1. The van der Waals surface area contributed by atoms with Gasteiger partial charge in [0.25, 0.3) is 0 Å². The van der Waals surface area contributed by atoms with Crippen molar-refractivity contribution in [2.75, 3.05) is 5.32 Å². The van der Waals surface area contributed by atoms with Crippen LogP contribution in [-0.4, -0.2) is 4.98 Å². The van der Waals surface area contributed by atoms with Gasteiger partial charge in [-0.25, -0.2) is 0 Å². The van der Waals surface area contributed by atoms with E-state index in [1.165, 1.54) is 22.4 Å². The average molecular weight is 240 g/mol. The zero-order valence-corrected chi connectivity index (χ0v) is 11.3. The largest absolute Gasteiger partial charge is 0.379 e. The molecule has 0 saturated carbocycles. The molecule has 1 aromatic heterocycles. The van der Waals surface area contributed by atoms with Crippen LogP contribution in [0.1, 0.15) is 29.3 Å². The minimum atomic E-state index is 0.776. The molecule has 94 valence electrons. The first-order valence-electron chi connectivity index (χ1n) is 6.44. The van der Waals surface area contributed by atoms with Gasteiger partial charge < -0.3 is 5.32 Å². The summed E-state index contributed by atoms with van der Waals surface area (Å²) in [5.74, 6) is 0. The van der Waals surface area contributed by atoms with Crippen LogP contribution in [-0.2, 0) is 13.0 Å². The maximum absolute atomic E-state index is 4.33. The Hall–Kier alpha value is -1.83. The van der Waals surface area contributed by atoms with E-state index in [-0.39, 0.29) is 0 Å². The molecule has 0 aliphatic heterocycles. The number of rotatable bonds is 4. The summed E-state index contributed by atoms with van der Waals surface area (Å²) in [5.41, 5.74) is 6.34. The highest BCUT2D eigenvalue weighted by atomic mass is 14.9. The zero-order valence-electron chi connectivity index (χ0n) is 11.3. The van der Waals surface area contributed by atoms with E-state index in [9.17, 15) is 0 Å². The van der Waals surface area contributed by atoms with E-state index in [0.717, 1.165) is 18.7 Å². The van der Waals surface area contributed by atoms with Crippen LogP contribution in [0.5, 0.6) is 0 Å². The minimum absolute atomic E-state index is 0.776. The van der Waals surface area contributed by atoms with E-state index in [2.05, 4.69) is 43.2 Å². The lowest BCUT2D eigenvalue weighted by Crippen LogP contribution is -2.05. The monoisotopic (exact) mass is 240 g/mol. The third kappa shape index (κ3) is 2.89. The summed E-state index contributed by atoms with van der Waals surface area (Å²) in [4.78, 5) is 4.33. The topological polar surface area (TPSA) is 24.9 Å². The fourth-order valence-corrected chi connectivity index (χ4v) is 2.27. The first-order chi connectivity index (χ1) is 8.70. The molecule has 0 atom stereocenters. The van der Waals surface area contributed by atoms with Gasteiger partial charge in [-0.1, -0.05) is 30.7 Å². The maximum atomic E-state index is 4.33. The SMILES string of the molecule is CCc1cc(C)cc(C)c1NCc1ccccn1. The lowest BCUT2D eigenvalue weighted by Gasteiger charge is -2.15. The lowest BCUT2D eigenvalue weighted by molar-refractivity contribution is 1.02. The van der Waals surface area contributed by atoms with Crippen LogP contribution in [0, 0.1) is 13.8 Å². The second-order valence-corrected chi connectivity index (χ2v) is 4.64. The lowest BCUT2D eigenvalue weighted by atomic mass is 10.0. The molecule has 0 bridgehead atoms.